The summed E-state index contributed by atoms with van der Waals surface area (Å²) in [7, 11) is 0. The quantitative estimate of drug-likeness (QED) is 0.266. The van der Waals surface area contributed by atoms with E-state index in [1.54, 1.807) is 0 Å². The van der Waals surface area contributed by atoms with Gasteiger partial charge in [-0.25, -0.2) is 22.0 Å². The summed E-state index contributed by atoms with van der Waals surface area (Å²) in [6.45, 7) is 0. The average Bonchev–Trinajstić information content (AvgIpc) is 2.46. The van der Waals surface area contributed by atoms with Gasteiger partial charge in [0.1, 0.15) is 0 Å². The Morgan fingerprint density at radius 3 is 1.67 bits per heavy atom. The third kappa shape index (κ3) is 2.82. The van der Waals surface area contributed by atoms with Gasteiger partial charge >= 0.3 is 0 Å². The van der Waals surface area contributed by atoms with Gasteiger partial charge in [0.25, 0.3) is 0 Å². The van der Waals surface area contributed by atoms with Gasteiger partial charge in [-0.3, -0.25) is 0 Å². The Bertz CT molecular complexity index is 688. The SMILES string of the molecule is Fc1c(F)c(F)c(C(Cl)c2ccc(Cl)c(Cl)c2)c(F)c1F. The first-order valence-electron chi connectivity index (χ1n) is 5.36. The largest absolute Gasteiger partial charge is 0.203 e. The molecule has 2 aromatic carbocycles. The van der Waals surface area contributed by atoms with Crippen LogP contribution in [0.4, 0.5) is 22.0 Å². The van der Waals surface area contributed by atoms with Crippen LogP contribution < -0.4 is 0 Å². The molecule has 0 aliphatic heterocycles. The van der Waals surface area contributed by atoms with Crippen molar-refractivity contribution >= 4 is 34.8 Å². The van der Waals surface area contributed by atoms with E-state index >= 15 is 0 Å². The Labute approximate surface area is 131 Å². The maximum absolute atomic E-state index is 13.7. The number of halogens is 8. The Morgan fingerprint density at radius 2 is 1.19 bits per heavy atom. The average molecular weight is 362 g/mol. The van der Waals surface area contributed by atoms with E-state index in [0.29, 0.717) is 0 Å². The maximum atomic E-state index is 13.7. The Balaban J connectivity index is 2.63. The minimum absolute atomic E-state index is 0.0312. The van der Waals surface area contributed by atoms with Gasteiger partial charge in [0, 0.05) is 0 Å². The van der Waals surface area contributed by atoms with Gasteiger partial charge in [0.2, 0.25) is 5.82 Å². The van der Waals surface area contributed by atoms with Crippen LogP contribution >= 0.6 is 34.8 Å². The van der Waals surface area contributed by atoms with Crippen molar-refractivity contribution in [1.29, 1.82) is 0 Å². The van der Waals surface area contributed by atoms with Crippen LogP contribution in [0, 0.1) is 29.1 Å². The van der Waals surface area contributed by atoms with Crippen molar-refractivity contribution < 1.29 is 22.0 Å². The predicted molar refractivity (Wildman–Crippen MR) is 70.4 cm³/mol. The van der Waals surface area contributed by atoms with Gasteiger partial charge in [0.05, 0.1) is 21.0 Å². The summed E-state index contributed by atoms with van der Waals surface area (Å²) in [4.78, 5) is 0. The minimum atomic E-state index is -2.24. The molecular formula is C13H4Cl3F5. The first-order chi connectivity index (χ1) is 9.75. The molecule has 1 atom stereocenters. The molecule has 0 aliphatic rings. The van der Waals surface area contributed by atoms with Crippen LogP contribution in [-0.4, -0.2) is 0 Å². The summed E-state index contributed by atoms with van der Waals surface area (Å²) < 4.78 is 66.6. The lowest BCUT2D eigenvalue weighted by Crippen LogP contribution is -2.09. The van der Waals surface area contributed by atoms with E-state index in [-0.39, 0.29) is 15.6 Å². The van der Waals surface area contributed by atoms with Crippen molar-refractivity contribution in [3.8, 4) is 0 Å². The van der Waals surface area contributed by atoms with E-state index in [0.717, 1.165) is 0 Å². The highest BCUT2D eigenvalue weighted by atomic mass is 35.5. The zero-order valence-corrected chi connectivity index (χ0v) is 12.1. The fourth-order valence-electron chi connectivity index (χ4n) is 1.68. The van der Waals surface area contributed by atoms with Gasteiger partial charge in [0.15, 0.2) is 23.3 Å². The Morgan fingerprint density at radius 1 is 0.714 bits per heavy atom. The van der Waals surface area contributed by atoms with E-state index in [9.17, 15) is 22.0 Å². The van der Waals surface area contributed by atoms with Gasteiger partial charge in [-0.15, -0.1) is 11.6 Å². The topological polar surface area (TPSA) is 0 Å². The third-order valence-corrected chi connectivity index (χ3v) is 3.94. The molecule has 21 heavy (non-hydrogen) atoms. The van der Waals surface area contributed by atoms with Crippen LogP contribution in [0.25, 0.3) is 0 Å². The number of alkyl halides is 1. The second-order valence-electron chi connectivity index (χ2n) is 4.02. The lowest BCUT2D eigenvalue weighted by molar-refractivity contribution is 0.371. The molecule has 0 saturated heterocycles. The van der Waals surface area contributed by atoms with Crippen molar-refractivity contribution in [3.05, 3.63) is 68.5 Å². The normalized spacial score (nSPS) is 12.6. The molecule has 0 aliphatic carbocycles. The molecule has 0 saturated carbocycles. The molecular weight excluding hydrogens is 357 g/mol. The lowest BCUT2D eigenvalue weighted by atomic mass is 10.0. The molecule has 2 rings (SSSR count). The molecule has 0 aromatic heterocycles. The Hall–Kier alpha value is -1.04. The molecule has 0 spiro atoms. The third-order valence-electron chi connectivity index (χ3n) is 2.73. The molecule has 0 amide bonds. The Kier molecular flexibility index (Phi) is 4.66. The first-order valence-corrected chi connectivity index (χ1v) is 6.55. The minimum Gasteiger partial charge on any atom is -0.203 e. The van der Waals surface area contributed by atoms with Crippen molar-refractivity contribution in [2.45, 2.75) is 5.38 Å². The number of rotatable bonds is 2. The zero-order valence-electron chi connectivity index (χ0n) is 9.83. The fraction of sp³-hybridized carbons (Fsp3) is 0.0769. The summed E-state index contributed by atoms with van der Waals surface area (Å²) in [6.07, 6.45) is 0. The van der Waals surface area contributed by atoms with E-state index in [1.165, 1.54) is 18.2 Å². The molecule has 0 fully saturated rings. The van der Waals surface area contributed by atoms with Crippen LogP contribution in [0.3, 0.4) is 0 Å². The number of hydrogen-bond donors (Lipinski definition) is 0. The van der Waals surface area contributed by atoms with Gasteiger partial charge < -0.3 is 0 Å². The molecule has 0 heterocycles. The van der Waals surface area contributed by atoms with Crippen molar-refractivity contribution in [2.75, 3.05) is 0 Å². The van der Waals surface area contributed by atoms with E-state index < -0.39 is 40.0 Å². The van der Waals surface area contributed by atoms with Crippen LogP contribution in [0.2, 0.25) is 10.0 Å². The second-order valence-corrected chi connectivity index (χ2v) is 5.27. The van der Waals surface area contributed by atoms with Gasteiger partial charge in [-0.05, 0) is 17.7 Å². The van der Waals surface area contributed by atoms with Crippen LogP contribution in [0.5, 0.6) is 0 Å². The zero-order chi connectivity index (χ0) is 15.9. The van der Waals surface area contributed by atoms with Crippen molar-refractivity contribution in [3.63, 3.8) is 0 Å². The number of hydrogen-bond acceptors (Lipinski definition) is 0. The van der Waals surface area contributed by atoms with Crippen LogP contribution in [0.1, 0.15) is 16.5 Å². The highest BCUT2D eigenvalue weighted by molar-refractivity contribution is 6.42. The summed E-state index contributed by atoms with van der Waals surface area (Å²) in [5.41, 5.74) is -1.11. The van der Waals surface area contributed by atoms with E-state index in [2.05, 4.69) is 0 Å². The molecule has 0 nitrogen and oxygen atoms in total. The summed E-state index contributed by atoms with van der Waals surface area (Å²) in [6, 6.07) is 3.74. The predicted octanol–water partition coefficient (Wildman–Crippen LogP) is 6.02. The summed E-state index contributed by atoms with van der Waals surface area (Å²) >= 11 is 17.2. The second kappa shape index (κ2) is 5.99. The van der Waals surface area contributed by atoms with Crippen LogP contribution in [0.15, 0.2) is 18.2 Å². The van der Waals surface area contributed by atoms with E-state index in [1.807, 2.05) is 0 Å². The number of benzene rings is 2. The highest BCUT2D eigenvalue weighted by Gasteiger charge is 2.30. The molecule has 112 valence electrons. The van der Waals surface area contributed by atoms with Crippen LogP contribution in [-0.2, 0) is 0 Å². The lowest BCUT2D eigenvalue weighted by Gasteiger charge is -2.14. The van der Waals surface area contributed by atoms with E-state index in [4.69, 9.17) is 34.8 Å². The smallest absolute Gasteiger partial charge is 0.200 e. The molecule has 0 radical (unpaired) electrons. The molecule has 1 unspecified atom stereocenters. The van der Waals surface area contributed by atoms with Crippen molar-refractivity contribution in [1.82, 2.24) is 0 Å². The first kappa shape index (κ1) is 16.3. The van der Waals surface area contributed by atoms with Gasteiger partial charge in [-0.1, -0.05) is 29.3 Å². The molecule has 0 bridgehead atoms. The summed E-state index contributed by atoms with van der Waals surface area (Å²) in [5.74, 6) is -10.3. The molecule has 2 aromatic rings. The maximum Gasteiger partial charge on any atom is 0.200 e. The van der Waals surface area contributed by atoms with Crippen molar-refractivity contribution in [2.24, 2.45) is 0 Å². The van der Waals surface area contributed by atoms with Gasteiger partial charge in [-0.2, -0.15) is 0 Å². The molecule has 0 N–H and O–H groups in total. The highest BCUT2D eigenvalue weighted by Crippen LogP contribution is 2.37. The molecule has 8 heteroatoms. The summed E-state index contributed by atoms with van der Waals surface area (Å²) in [5, 5.41) is -1.44. The standard InChI is InChI=1S/C13H4Cl3F5/c14-5-2-1-4(3-6(5)15)8(16)7-9(17)11(19)13(21)12(20)10(7)18/h1-3,8H. The monoisotopic (exact) mass is 360 g/mol. The fourth-order valence-corrected chi connectivity index (χ4v) is 2.31.